The summed E-state index contributed by atoms with van der Waals surface area (Å²) in [6, 6.07) is 6.45. The highest BCUT2D eigenvalue weighted by Gasteiger charge is 2.01. The molecule has 1 aromatic heterocycles. The van der Waals surface area contributed by atoms with E-state index in [9.17, 15) is 4.79 Å². The second-order valence-electron chi connectivity index (χ2n) is 2.71. The fourth-order valence-electron chi connectivity index (χ4n) is 1.16. The molecule has 3 nitrogen and oxygen atoms in total. The lowest BCUT2D eigenvalue weighted by Crippen LogP contribution is -1.96. The van der Waals surface area contributed by atoms with Crippen LogP contribution < -0.4 is 11.4 Å². The minimum absolute atomic E-state index is 0.414. The molecule has 0 aliphatic rings. The molecule has 0 unspecified atom stereocenters. The molecule has 0 saturated carbocycles. The Balaban J connectivity index is 2.94. The predicted octanol–water partition coefficient (Wildman–Crippen LogP) is 1.66. The molecule has 0 radical (unpaired) electrons. The molecule has 4 heteroatoms. The van der Waals surface area contributed by atoms with Gasteiger partial charge in [-0.25, -0.2) is 4.79 Å². The van der Waals surface area contributed by atoms with Crippen molar-refractivity contribution in [1.29, 1.82) is 0 Å². The maximum atomic E-state index is 11.0. The molecular weight excluding hydrogens is 186 g/mol. The van der Waals surface area contributed by atoms with Crippen molar-refractivity contribution in [3.63, 3.8) is 0 Å². The number of nitrogens with two attached hydrogens (primary N) is 1. The van der Waals surface area contributed by atoms with Crippen molar-refractivity contribution in [2.75, 3.05) is 5.73 Å². The molecular formula is C9H7NO2S. The van der Waals surface area contributed by atoms with E-state index in [-0.39, 0.29) is 0 Å². The Kier molecular flexibility index (Phi) is 1.77. The van der Waals surface area contributed by atoms with Crippen LogP contribution in [0.15, 0.2) is 38.4 Å². The lowest BCUT2D eigenvalue weighted by atomic mass is 10.2. The number of hydrogen-bond acceptors (Lipinski definition) is 4. The average molecular weight is 193 g/mol. The molecule has 0 fully saturated rings. The highest BCUT2D eigenvalue weighted by atomic mass is 32.1. The predicted molar refractivity (Wildman–Crippen MR) is 54.1 cm³/mol. The van der Waals surface area contributed by atoms with Gasteiger partial charge in [-0.15, -0.1) is 12.6 Å². The third-order valence-corrected chi connectivity index (χ3v) is 2.12. The van der Waals surface area contributed by atoms with Crippen LogP contribution in [-0.4, -0.2) is 0 Å². The van der Waals surface area contributed by atoms with E-state index in [1.807, 2.05) is 0 Å². The normalized spacial score (nSPS) is 10.5. The van der Waals surface area contributed by atoms with Gasteiger partial charge in [0.2, 0.25) is 0 Å². The molecule has 2 rings (SSSR count). The first-order valence-corrected chi connectivity index (χ1v) is 4.14. The largest absolute Gasteiger partial charge is 0.423 e. The molecule has 13 heavy (non-hydrogen) atoms. The molecule has 0 bridgehead atoms. The summed E-state index contributed by atoms with van der Waals surface area (Å²) < 4.78 is 4.94. The Morgan fingerprint density at radius 1 is 1.31 bits per heavy atom. The summed E-state index contributed by atoms with van der Waals surface area (Å²) in [5.41, 5.74) is 6.16. The second-order valence-corrected chi connectivity index (χ2v) is 3.19. The van der Waals surface area contributed by atoms with Crippen molar-refractivity contribution in [3.8, 4) is 0 Å². The minimum Gasteiger partial charge on any atom is -0.423 e. The molecule has 2 aromatic rings. The summed E-state index contributed by atoms with van der Waals surface area (Å²) in [5, 5.41) is 0.789. The van der Waals surface area contributed by atoms with E-state index in [1.165, 1.54) is 6.07 Å². The first kappa shape index (κ1) is 8.19. The van der Waals surface area contributed by atoms with Gasteiger partial charge in [-0.3, -0.25) is 0 Å². The van der Waals surface area contributed by atoms with Crippen LogP contribution in [0.5, 0.6) is 0 Å². The van der Waals surface area contributed by atoms with Crippen LogP contribution in [0.1, 0.15) is 0 Å². The third-order valence-electron chi connectivity index (χ3n) is 1.75. The third kappa shape index (κ3) is 1.40. The van der Waals surface area contributed by atoms with Crippen molar-refractivity contribution in [2.24, 2.45) is 0 Å². The van der Waals surface area contributed by atoms with Gasteiger partial charge >= 0.3 is 5.63 Å². The minimum atomic E-state index is -0.414. The van der Waals surface area contributed by atoms with E-state index < -0.39 is 5.63 Å². The second kappa shape index (κ2) is 2.81. The Labute approximate surface area is 79.6 Å². The number of rotatable bonds is 0. The van der Waals surface area contributed by atoms with E-state index in [2.05, 4.69) is 12.6 Å². The SMILES string of the molecule is Nc1ccc2c(S)cc(=O)oc2c1. The smallest absolute Gasteiger partial charge is 0.337 e. The highest BCUT2D eigenvalue weighted by molar-refractivity contribution is 7.80. The van der Waals surface area contributed by atoms with Gasteiger partial charge in [0.15, 0.2) is 0 Å². The summed E-state index contributed by atoms with van der Waals surface area (Å²) in [6.45, 7) is 0. The van der Waals surface area contributed by atoms with Crippen LogP contribution in [0.2, 0.25) is 0 Å². The standard InChI is InChI=1S/C9H7NO2S/c10-5-1-2-6-7(3-5)12-9(11)4-8(6)13/h1-4,13H,10H2. The number of hydrogen-bond donors (Lipinski definition) is 2. The van der Waals surface area contributed by atoms with Gasteiger partial charge in [-0.05, 0) is 12.1 Å². The molecule has 1 heterocycles. The zero-order valence-electron chi connectivity index (χ0n) is 6.65. The van der Waals surface area contributed by atoms with E-state index in [4.69, 9.17) is 10.2 Å². The Morgan fingerprint density at radius 2 is 2.08 bits per heavy atom. The number of nitrogen functional groups attached to an aromatic ring is 1. The number of benzene rings is 1. The van der Waals surface area contributed by atoms with Gasteiger partial charge in [0.1, 0.15) is 5.58 Å². The maximum Gasteiger partial charge on any atom is 0.337 e. The van der Waals surface area contributed by atoms with Crippen molar-refractivity contribution in [2.45, 2.75) is 4.90 Å². The van der Waals surface area contributed by atoms with Crippen LogP contribution in [0.3, 0.4) is 0 Å². The van der Waals surface area contributed by atoms with Crippen LogP contribution in [0.25, 0.3) is 11.0 Å². The van der Waals surface area contributed by atoms with Crippen molar-refractivity contribution in [1.82, 2.24) is 0 Å². The van der Waals surface area contributed by atoms with Gasteiger partial charge < -0.3 is 10.2 Å². The summed E-state index contributed by atoms with van der Waals surface area (Å²) in [6.07, 6.45) is 0. The molecule has 1 aromatic carbocycles. The highest BCUT2D eigenvalue weighted by Crippen LogP contribution is 2.21. The van der Waals surface area contributed by atoms with E-state index in [0.29, 0.717) is 16.2 Å². The molecule has 0 saturated heterocycles. The average Bonchev–Trinajstić information content (AvgIpc) is 2.02. The van der Waals surface area contributed by atoms with Crippen LogP contribution >= 0.6 is 12.6 Å². The van der Waals surface area contributed by atoms with E-state index in [0.717, 1.165) is 5.39 Å². The summed E-state index contributed by atoms with van der Waals surface area (Å²) in [5.74, 6) is 0. The fraction of sp³-hybridized carbons (Fsp3) is 0. The van der Waals surface area contributed by atoms with E-state index in [1.54, 1.807) is 18.2 Å². The number of anilines is 1. The van der Waals surface area contributed by atoms with Gasteiger partial charge in [0.25, 0.3) is 0 Å². The maximum absolute atomic E-state index is 11.0. The van der Waals surface area contributed by atoms with Crippen LogP contribution in [-0.2, 0) is 0 Å². The van der Waals surface area contributed by atoms with Gasteiger partial charge in [0.05, 0.1) is 0 Å². The van der Waals surface area contributed by atoms with Crippen molar-refractivity contribution in [3.05, 3.63) is 34.7 Å². The summed E-state index contributed by atoms with van der Waals surface area (Å²) >= 11 is 4.15. The van der Waals surface area contributed by atoms with Crippen LogP contribution in [0.4, 0.5) is 5.69 Å². The summed E-state index contributed by atoms with van der Waals surface area (Å²) in [7, 11) is 0. The molecule has 0 spiro atoms. The van der Waals surface area contributed by atoms with Crippen LogP contribution in [0, 0.1) is 0 Å². The van der Waals surface area contributed by atoms with Gasteiger partial charge in [-0.2, -0.15) is 0 Å². The Morgan fingerprint density at radius 3 is 2.85 bits per heavy atom. The molecule has 0 aliphatic carbocycles. The number of thiol groups is 1. The van der Waals surface area contributed by atoms with Crippen molar-refractivity contribution < 1.29 is 4.42 Å². The monoisotopic (exact) mass is 193 g/mol. The topological polar surface area (TPSA) is 56.2 Å². The first-order chi connectivity index (χ1) is 6.16. The van der Waals surface area contributed by atoms with Gasteiger partial charge in [-0.1, -0.05) is 0 Å². The first-order valence-electron chi connectivity index (χ1n) is 3.69. The molecule has 2 N–H and O–H groups in total. The zero-order valence-corrected chi connectivity index (χ0v) is 7.54. The van der Waals surface area contributed by atoms with Gasteiger partial charge in [0, 0.05) is 28.1 Å². The fourth-order valence-corrected chi connectivity index (χ4v) is 1.45. The quantitative estimate of drug-likeness (QED) is 0.380. The van der Waals surface area contributed by atoms with Crippen molar-refractivity contribution >= 4 is 29.3 Å². The lowest BCUT2D eigenvalue weighted by Gasteiger charge is -1.99. The molecule has 0 amide bonds. The molecule has 66 valence electrons. The molecule has 0 aliphatic heterocycles. The summed E-state index contributed by atoms with van der Waals surface area (Å²) in [4.78, 5) is 11.6. The Bertz CT molecular complexity index is 518. The molecule has 0 atom stereocenters. The number of fused-ring (bicyclic) bond motifs is 1. The van der Waals surface area contributed by atoms with E-state index >= 15 is 0 Å². The zero-order chi connectivity index (χ0) is 9.42. The Hall–Kier alpha value is -1.42. The lowest BCUT2D eigenvalue weighted by molar-refractivity contribution is 0.558.